The van der Waals surface area contributed by atoms with Gasteiger partial charge in [0.2, 0.25) is 5.95 Å². The van der Waals surface area contributed by atoms with Crippen LogP contribution in [0.1, 0.15) is 48.7 Å². The summed E-state index contributed by atoms with van der Waals surface area (Å²) < 4.78 is 0. The first kappa shape index (κ1) is 12.8. The second kappa shape index (κ2) is 5.80. The Morgan fingerprint density at radius 2 is 2.00 bits per heavy atom. The van der Waals surface area contributed by atoms with Crippen LogP contribution < -0.4 is 4.90 Å². The highest BCUT2D eigenvalue weighted by molar-refractivity contribution is 5.88. The highest BCUT2D eigenvalue weighted by Crippen LogP contribution is 2.17. The third-order valence-electron chi connectivity index (χ3n) is 3.31. The average molecular weight is 249 g/mol. The molecular formula is C13H19N3O2. The quantitative estimate of drug-likeness (QED) is 0.888. The van der Waals surface area contributed by atoms with Crippen LogP contribution in [0.3, 0.4) is 0 Å². The molecule has 5 heteroatoms. The molecular weight excluding hydrogens is 230 g/mol. The third-order valence-corrected chi connectivity index (χ3v) is 3.31. The third kappa shape index (κ3) is 2.78. The molecule has 2 rings (SSSR count). The van der Waals surface area contributed by atoms with Gasteiger partial charge in [-0.3, -0.25) is 0 Å². The zero-order valence-corrected chi connectivity index (χ0v) is 10.7. The number of aryl methyl sites for hydroxylation is 1. The van der Waals surface area contributed by atoms with Crippen molar-refractivity contribution in [1.29, 1.82) is 0 Å². The van der Waals surface area contributed by atoms with Crippen molar-refractivity contribution in [3.8, 4) is 0 Å². The summed E-state index contributed by atoms with van der Waals surface area (Å²) in [5, 5.41) is 9.05. The van der Waals surface area contributed by atoms with E-state index in [0.717, 1.165) is 25.9 Å². The number of carboxylic acid groups (broad SMARTS) is 1. The van der Waals surface area contributed by atoms with Gasteiger partial charge in [0.05, 0.1) is 11.3 Å². The molecule has 0 saturated carbocycles. The fourth-order valence-corrected chi connectivity index (χ4v) is 2.28. The Hall–Kier alpha value is -1.65. The van der Waals surface area contributed by atoms with Crippen molar-refractivity contribution in [1.82, 2.24) is 9.97 Å². The number of aromatic carboxylic acids is 1. The number of carbonyl (C=O) groups is 1. The number of hydrogen-bond donors (Lipinski definition) is 1. The Kier molecular flexibility index (Phi) is 4.12. The molecule has 1 N–H and O–H groups in total. The van der Waals surface area contributed by atoms with Crippen molar-refractivity contribution >= 4 is 11.9 Å². The summed E-state index contributed by atoms with van der Waals surface area (Å²) in [4.78, 5) is 21.8. The van der Waals surface area contributed by atoms with E-state index in [0.29, 0.717) is 18.1 Å². The maximum absolute atomic E-state index is 11.0. The molecule has 0 amide bonds. The minimum atomic E-state index is -0.950. The average Bonchev–Trinajstić information content (AvgIpc) is 2.66. The lowest BCUT2D eigenvalue weighted by atomic mass is 10.2. The monoisotopic (exact) mass is 249 g/mol. The zero-order valence-electron chi connectivity index (χ0n) is 10.7. The summed E-state index contributed by atoms with van der Waals surface area (Å²) in [5.41, 5.74) is 0.841. The second-order valence-corrected chi connectivity index (χ2v) is 4.59. The first-order chi connectivity index (χ1) is 8.72. The lowest BCUT2D eigenvalue weighted by Gasteiger charge is -2.20. The molecule has 1 aromatic heterocycles. The summed E-state index contributed by atoms with van der Waals surface area (Å²) in [5.74, 6) is -0.270. The standard InChI is InChI=1S/C13H19N3O2/c1-2-11-10(12(17)18)9-14-13(15-11)16-7-5-3-4-6-8-16/h9H,2-8H2,1H3,(H,17,18). The van der Waals surface area contributed by atoms with E-state index in [2.05, 4.69) is 14.9 Å². The van der Waals surface area contributed by atoms with Crippen molar-refractivity contribution in [2.45, 2.75) is 39.0 Å². The fourth-order valence-electron chi connectivity index (χ4n) is 2.28. The summed E-state index contributed by atoms with van der Waals surface area (Å²) in [7, 11) is 0. The lowest BCUT2D eigenvalue weighted by Crippen LogP contribution is -2.26. The molecule has 0 radical (unpaired) electrons. The van der Waals surface area contributed by atoms with Gasteiger partial charge in [-0.1, -0.05) is 19.8 Å². The van der Waals surface area contributed by atoms with E-state index in [4.69, 9.17) is 5.11 Å². The van der Waals surface area contributed by atoms with Gasteiger partial charge in [0.25, 0.3) is 0 Å². The van der Waals surface area contributed by atoms with Gasteiger partial charge in [-0.15, -0.1) is 0 Å². The second-order valence-electron chi connectivity index (χ2n) is 4.59. The number of rotatable bonds is 3. The molecule has 18 heavy (non-hydrogen) atoms. The minimum Gasteiger partial charge on any atom is -0.478 e. The van der Waals surface area contributed by atoms with Gasteiger partial charge in [-0.2, -0.15) is 0 Å². The van der Waals surface area contributed by atoms with Crippen LogP contribution in [0.5, 0.6) is 0 Å². The number of carboxylic acids is 1. The molecule has 1 fully saturated rings. The molecule has 0 spiro atoms. The van der Waals surface area contributed by atoms with Crippen LogP contribution >= 0.6 is 0 Å². The van der Waals surface area contributed by atoms with Gasteiger partial charge < -0.3 is 10.0 Å². The maximum Gasteiger partial charge on any atom is 0.339 e. The minimum absolute atomic E-state index is 0.219. The SMILES string of the molecule is CCc1nc(N2CCCCCC2)ncc1C(=O)O. The number of aromatic nitrogens is 2. The van der Waals surface area contributed by atoms with Crippen LogP contribution in [0.4, 0.5) is 5.95 Å². The van der Waals surface area contributed by atoms with Crippen LogP contribution in [0.2, 0.25) is 0 Å². The van der Waals surface area contributed by atoms with Gasteiger partial charge in [-0.05, 0) is 19.3 Å². The topological polar surface area (TPSA) is 66.3 Å². The van der Waals surface area contributed by atoms with Gasteiger partial charge in [0.15, 0.2) is 0 Å². The molecule has 1 aliphatic heterocycles. The Labute approximate surface area is 107 Å². The zero-order chi connectivity index (χ0) is 13.0. The molecule has 0 aromatic carbocycles. The van der Waals surface area contributed by atoms with Crippen molar-refractivity contribution < 1.29 is 9.90 Å². The van der Waals surface area contributed by atoms with E-state index >= 15 is 0 Å². The highest BCUT2D eigenvalue weighted by Gasteiger charge is 2.16. The molecule has 1 aliphatic rings. The van der Waals surface area contributed by atoms with Gasteiger partial charge in [-0.25, -0.2) is 14.8 Å². The Bertz CT molecular complexity index is 426. The van der Waals surface area contributed by atoms with E-state index in [9.17, 15) is 4.79 Å². The molecule has 1 saturated heterocycles. The van der Waals surface area contributed by atoms with E-state index in [1.54, 1.807) is 0 Å². The van der Waals surface area contributed by atoms with Crippen LogP contribution in [0.15, 0.2) is 6.20 Å². The molecule has 2 heterocycles. The molecule has 5 nitrogen and oxygen atoms in total. The predicted molar refractivity (Wildman–Crippen MR) is 69.1 cm³/mol. The molecule has 0 bridgehead atoms. The summed E-state index contributed by atoms with van der Waals surface area (Å²) in [6.45, 7) is 3.85. The highest BCUT2D eigenvalue weighted by atomic mass is 16.4. The smallest absolute Gasteiger partial charge is 0.339 e. The van der Waals surface area contributed by atoms with Gasteiger partial charge in [0.1, 0.15) is 0 Å². The van der Waals surface area contributed by atoms with Crippen LogP contribution in [-0.4, -0.2) is 34.1 Å². The largest absolute Gasteiger partial charge is 0.478 e. The molecule has 0 atom stereocenters. The van der Waals surface area contributed by atoms with Crippen LogP contribution in [0, 0.1) is 0 Å². The lowest BCUT2D eigenvalue weighted by molar-refractivity contribution is 0.0694. The Morgan fingerprint density at radius 1 is 1.33 bits per heavy atom. The first-order valence-electron chi connectivity index (χ1n) is 6.56. The molecule has 0 unspecified atom stereocenters. The first-order valence-corrected chi connectivity index (χ1v) is 6.56. The molecule has 1 aromatic rings. The van der Waals surface area contributed by atoms with Crippen molar-refractivity contribution in [2.24, 2.45) is 0 Å². The van der Waals surface area contributed by atoms with Crippen LogP contribution in [0.25, 0.3) is 0 Å². The predicted octanol–water partition coefficient (Wildman–Crippen LogP) is 2.12. The summed E-state index contributed by atoms with van der Waals surface area (Å²) in [6, 6.07) is 0. The van der Waals surface area contributed by atoms with Gasteiger partial charge in [0, 0.05) is 19.3 Å². The Morgan fingerprint density at radius 3 is 2.56 bits per heavy atom. The van der Waals surface area contributed by atoms with Crippen molar-refractivity contribution in [3.63, 3.8) is 0 Å². The van der Waals surface area contributed by atoms with E-state index in [1.807, 2.05) is 6.92 Å². The van der Waals surface area contributed by atoms with Crippen LogP contribution in [-0.2, 0) is 6.42 Å². The number of nitrogens with zero attached hydrogens (tertiary/aromatic N) is 3. The van der Waals surface area contributed by atoms with E-state index < -0.39 is 5.97 Å². The Balaban J connectivity index is 2.25. The fraction of sp³-hybridized carbons (Fsp3) is 0.615. The summed E-state index contributed by atoms with van der Waals surface area (Å²) in [6.07, 6.45) is 6.88. The normalized spacial score (nSPS) is 16.4. The van der Waals surface area contributed by atoms with Gasteiger partial charge >= 0.3 is 5.97 Å². The number of anilines is 1. The molecule has 0 aliphatic carbocycles. The van der Waals surface area contributed by atoms with E-state index in [-0.39, 0.29) is 5.56 Å². The summed E-state index contributed by atoms with van der Waals surface area (Å²) >= 11 is 0. The maximum atomic E-state index is 11.0. The molecule has 98 valence electrons. The van der Waals surface area contributed by atoms with Crippen molar-refractivity contribution in [2.75, 3.05) is 18.0 Å². The number of hydrogen-bond acceptors (Lipinski definition) is 4. The van der Waals surface area contributed by atoms with E-state index in [1.165, 1.54) is 19.0 Å². The van der Waals surface area contributed by atoms with Crippen molar-refractivity contribution in [3.05, 3.63) is 17.5 Å².